The van der Waals surface area contributed by atoms with Gasteiger partial charge < -0.3 is 14.2 Å². The molecule has 0 rings (SSSR count). The van der Waals surface area contributed by atoms with E-state index in [-0.39, 0.29) is 44.0 Å². The average molecular weight is 1140 g/mol. The molecule has 0 aliphatic rings. The molecule has 0 aliphatic heterocycles. The standard InChI is InChI=1S/C77H122O6/c1-4-7-10-13-16-19-22-25-28-30-32-34-35-36-37-38-39-40-41-43-44-46-49-52-55-58-61-64-67-70-76(79)82-73-74(72-81-75(78)69-66-63-60-57-54-51-48-27-24-21-18-15-12-9-6-3)83-77(80)71-68-65-62-59-56-53-50-47-45-42-33-31-29-26-23-20-17-14-11-8-5-2/h7-12,16-21,25-29,32-34,42,47-48,50,54,56-57,59,74H,4-6,13-15,22-24,30-31,35-41,43-46,49,51-53,55,58,60-73H2,1-3H3/b10-7-,11-8-,12-9-,19-16-,20-17-,21-18-,28-25-,29-26-,34-32-,42-33-,48-27-,50-47-,57-54-,59-56-. The number of esters is 3. The van der Waals surface area contributed by atoms with Crippen LogP contribution < -0.4 is 0 Å². The molecule has 6 heteroatoms. The SMILES string of the molecule is CC/C=C\C/C=C\C/C=C\C/C=C\C/C=C\C/C=C\CCCCC(=O)OC(COC(=O)CCCC/C=C\C/C=C\C/C=C\C/C=C\CC)COC(=O)CCCCCCCCCCCCCCCCCC/C=C\C/C=C\C/C=C\C/C=C\CC. The van der Waals surface area contributed by atoms with Gasteiger partial charge in [0.1, 0.15) is 13.2 Å². The topological polar surface area (TPSA) is 78.9 Å². The Labute approximate surface area is 511 Å². The first-order valence-electron chi connectivity index (χ1n) is 33.6. The van der Waals surface area contributed by atoms with E-state index in [0.29, 0.717) is 19.3 Å². The summed E-state index contributed by atoms with van der Waals surface area (Å²) in [6.07, 6.45) is 102. The average Bonchev–Trinajstić information content (AvgIpc) is 3.49. The van der Waals surface area contributed by atoms with Crippen molar-refractivity contribution >= 4 is 17.9 Å². The predicted molar refractivity (Wildman–Crippen MR) is 361 cm³/mol. The Bertz CT molecular complexity index is 1890. The molecular weight excluding hydrogens is 1020 g/mol. The monoisotopic (exact) mass is 1140 g/mol. The van der Waals surface area contributed by atoms with Crippen LogP contribution in [0.15, 0.2) is 170 Å². The first kappa shape index (κ1) is 77.8. The van der Waals surface area contributed by atoms with Crippen molar-refractivity contribution in [1.82, 2.24) is 0 Å². The normalized spacial score (nSPS) is 13.2. The minimum absolute atomic E-state index is 0.115. The molecule has 0 heterocycles. The van der Waals surface area contributed by atoms with Gasteiger partial charge >= 0.3 is 17.9 Å². The van der Waals surface area contributed by atoms with Crippen molar-refractivity contribution in [2.75, 3.05) is 13.2 Å². The molecule has 83 heavy (non-hydrogen) atoms. The number of carbonyl (C=O) groups is 3. The van der Waals surface area contributed by atoms with E-state index in [1.165, 1.54) is 89.9 Å². The molecule has 0 aromatic heterocycles. The van der Waals surface area contributed by atoms with Crippen molar-refractivity contribution < 1.29 is 28.6 Å². The van der Waals surface area contributed by atoms with Crippen molar-refractivity contribution in [3.8, 4) is 0 Å². The molecule has 0 amide bonds. The van der Waals surface area contributed by atoms with Crippen LogP contribution in [0.25, 0.3) is 0 Å². The van der Waals surface area contributed by atoms with Crippen LogP contribution >= 0.6 is 0 Å². The summed E-state index contributed by atoms with van der Waals surface area (Å²) < 4.78 is 16.9. The molecule has 466 valence electrons. The Hall–Kier alpha value is -5.23. The fraction of sp³-hybridized carbons (Fsp3) is 0.597. The van der Waals surface area contributed by atoms with Crippen LogP contribution in [0.5, 0.6) is 0 Å². The maximum atomic E-state index is 12.9. The van der Waals surface area contributed by atoms with E-state index >= 15 is 0 Å². The summed E-state index contributed by atoms with van der Waals surface area (Å²) in [5.74, 6) is -1.00. The minimum Gasteiger partial charge on any atom is -0.462 e. The third-order valence-electron chi connectivity index (χ3n) is 13.7. The summed E-state index contributed by atoms with van der Waals surface area (Å²) >= 11 is 0. The zero-order valence-electron chi connectivity index (χ0n) is 53.4. The number of carbonyl (C=O) groups excluding carboxylic acids is 3. The Morgan fingerprint density at radius 1 is 0.241 bits per heavy atom. The second-order valence-electron chi connectivity index (χ2n) is 21.6. The number of unbranched alkanes of at least 4 members (excludes halogenated alkanes) is 20. The Morgan fingerprint density at radius 2 is 0.434 bits per heavy atom. The number of hydrogen-bond acceptors (Lipinski definition) is 6. The third-order valence-corrected chi connectivity index (χ3v) is 13.7. The van der Waals surface area contributed by atoms with Gasteiger partial charge in [0.05, 0.1) is 0 Å². The first-order chi connectivity index (χ1) is 41.0. The molecule has 1 unspecified atom stereocenters. The Balaban J connectivity index is 4.41. The lowest BCUT2D eigenvalue weighted by molar-refractivity contribution is -0.167. The van der Waals surface area contributed by atoms with Gasteiger partial charge in [0.15, 0.2) is 6.10 Å². The van der Waals surface area contributed by atoms with Crippen LogP contribution in [-0.4, -0.2) is 37.2 Å². The van der Waals surface area contributed by atoms with E-state index in [4.69, 9.17) is 14.2 Å². The predicted octanol–water partition coefficient (Wildman–Crippen LogP) is 23.4. The van der Waals surface area contributed by atoms with E-state index in [9.17, 15) is 14.4 Å². The highest BCUT2D eigenvalue weighted by molar-refractivity contribution is 5.71. The summed E-state index contributed by atoms with van der Waals surface area (Å²) in [6.45, 7) is 6.23. The quantitative estimate of drug-likeness (QED) is 0.0261. The minimum atomic E-state index is -0.828. The van der Waals surface area contributed by atoms with Crippen molar-refractivity contribution in [2.45, 2.75) is 284 Å². The molecular formula is C77H122O6. The number of ether oxygens (including phenoxy) is 3. The van der Waals surface area contributed by atoms with Gasteiger partial charge in [0, 0.05) is 19.3 Å². The van der Waals surface area contributed by atoms with E-state index in [2.05, 4.69) is 191 Å². The van der Waals surface area contributed by atoms with Gasteiger partial charge in [-0.15, -0.1) is 0 Å². The van der Waals surface area contributed by atoms with Crippen LogP contribution in [0.4, 0.5) is 0 Å². The van der Waals surface area contributed by atoms with Crippen molar-refractivity contribution in [1.29, 1.82) is 0 Å². The van der Waals surface area contributed by atoms with E-state index in [1.54, 1.807) is 0 Å². The van der Waals surface area contributed by atoms with Crippen LogP contribution in [-0.2, 0) is 28.6 Å². The summed E-state index contributed by atoms with van der Waals surface area (Å²) in [7, 11) is 0. The molecule has 0 radical (unpaired) electrons. The second kappa shape index (κ2) is 69.3. The van der Waals surface area contributed by atoms with Crippen LogP contribution in [0, 0.1) is 0 Å². The number of hydrogen-bond donors (Lipinski definition) is 0. The Morgan fingerprint density at radius 3 is 0.699 bits per heavy atom. The molecule has 0 bridgehead atoms. The van der Waals surface area contributed by atoms with E-state index in [0.717, 1.165) is 135 Å². The highest BCUT2D eigenvalue weighted by Crippen LogP contribution is 2.16. The maximum absolute atomic E-state index is 12.9. The molecule has 0 N–H and O–H groups in total. The lowest BCUT2D eigenvalue weighted by Crippen LogP contribution is -2.30. The molecule has 0 saturated heterocycles. The maximum Gasteiger partial charge on any atom is 0.306 e. The van der Waals surface area contributed by atoms with Crippen LogP contribution in [0.1, 0.15) is 278 Å². The van der Waals surface area contributed by atoms with Gasteiger partial charge in [0.2, 0.25) is 0 Å². The third kappa shape index (κ3) is 67.4. The van der Waals surface area contributed by atoms with Crippen molar-refractivity contribution in [3.05, 3.63) is 170 Å². The van der Waals surface area contributed by atoms with Crippen LogP contribution in [0.2, 0.25) is 0 Å². The molecule has 0 aliphatic carbocycles. The smallest absolute Gasteiger partial charge is 0.306 e. The molecule has 0 fully saturated rings. The molecule has 1 atom stereocenters. The lowest BCUT2D eigenvalue weighted by atomic mass is 10.0. The molecule has 0 aromatic rings. The lowest BCUT2D eigenvalue weighted by Gasteiger charge is -2.18. The Kier molecular flexibility index (Phi) is 64.9. The van der Waals surface area contributed by atoms with Crippen molar-refractivity contribution in [2.24, 2.45) is 0 Å². The summed E-state index contributed by atoms with van der Waals surface area (Å²) in [5, 5.41) is 0. The summed E-state index contributed by atoms with van der Waals surface area (Å²) in [6, 6.07) is 0. The van der Waals surface area contributed by atoms with Gasteiger partial charge in [-0.25, -0.2) is 0 Å². The first-order valence-corrected chi connectivity index (χ1v) is 33.6. The summed E-state index contributed by atoms with van der Waals surface area (Å²) in [4.78, 5) is 38.4. The molecule has 6 nitrogen and oxygen atoms in total. The summed E-state index contributed by atoms with van der Waals surface area (Å²) in [5.41, 5.74) is 0. The fourth-order valence-electron chi connectivity index (χ4n) is 8.78. The molecule has 0 spiro atoms. The van der Waals surface area contributed by atoms with Crippen LogP contribution in [0.3, 0.4) is 0 Å². The number of allylic oxidation sites excluding steroid dienone is 28. The second-order valence-corrected chi connectivity index (χ2v) is 21.6. The zero-order chi connectivity index (χ0) is 59.9. The largest absolute Gasteiger partial charge is 0.462 e. The van der Waals surface area contributed by atoms with Gasteiger partial charge in [-0.05, 0) is 148 Å². The highest BCUT2D eigenvalue weighted by Gasteiger charge is 2.19. The van der Waals surface area contributed by atoms with Gasteiger partial charge in [-0.2, -0.15) is 0 Å². The highest BCUT2D eigenvalue weighted by atomic mass is 16.6. The van der Waals surface area contributed by atoms with Crippen molar-refractivity contribution in [3.63, 3.8) is 0 Å². The zero-order valence-corrected chi connectivity index (χ0v) is 53.4. The van der Waals surface area contributed by atoms with Gasteiger partial charge in [0.25, 0.3) is 0 Å². The molecule has 0 saturated carbocycles. The van der Waals surface area contributed by atoms with E-state index < -0.39 is 6.10 Å². The van der Waals surface area contributed by atoms with Gasteiger partial charge in [-0.1, -0.05) is 281 Å². The van der Waals surface area contributed by atoms with E-state index in [1.807, 2.05) is 0 Å². The van der Waals surface area contributed by atoms with Gasteiger partial charge in [-0.3, -0.25) is 14.4 Å². The molecule has 0 aromatic carbocycles. The number of rotatable bonds is 59. The fourth-order valence-corrected chi connectivity index (χ4v) is 8.78.